The van der Waals surface area contributed by atoms with E-state index < -0.39 is 10.0 Å². The third-order valence-electron chi connectivity index (χ3n) is 6.71. The number of benzene rings is 1. The number of methoxy groups -OCH3 is 1. The lowest BCUT2D eigenvalue weighted by Crippen LogP contribution is -2.48. The molecular formula is C24H39N3O6S. The SMILES string of the molecule is CO[C@H]1CN(C)C(=O)c2cc(NS(C)(=O)=O)ccc2OC[C@@H](C)N(CC2CCOCC2)C[C@H]1C. The van der Waals surface area contributed by atoms with Crippen molar-refractivity contribution in [3.63, 3.8) is 0 Å². The first-order valence-electron chi connectivity index (χ1n) is 11.9. The largest absolute Gasteiger partial charge is 0.491 e. The number of ether oxygens (including phenoxy) is 3. The van der Waals surface area contributed by atoms with Gasteiger partial charge in [0.15, 0.2) is 0 Å². The predicted molar refractivity (Wildman–Crippen MR) is 132 cm³/mol. The van der Waals surface area contributed by atoms with E-state index in [9.17, 15) is 13.2 Å². The lowest BCUT2D eigenvalue weighted by Gasteiger charge is -2.38. The Morgan fingerprint density at radius 2 is 1.88 bits per heavy atom. The molecule has 1 aromatic rings. The molecule has 9 nitrogen and oxygen atoms in total. The van der Waals surface area contributed by atoms with Crippen LogP contribution in [0.3, 0.4) is 0 Å². The van der Waals surface area contributed by atoms with Gasteiger partial charge >= 0.3 is 0 Å². The molecule has 0 aromatic heterocycles. The van der Waals surface area contributed by atoms with Crippen LogP contribution in [0.15, 0.2) is 18.2 Å². The van der Waals surface area contributed by atoms with Gasteiger partial charge in [-0.25, -0.2) is 8.42 Å². The van der Waals surface area contributed by atoms with Crippen molar-refractivity contribution in [2.45, 2.75) is 38.8 Å². The number of anilines is 1. The molecule has 1 saturated heterocycles. The highest BCUT2D eigenvalue weighted by Crippen LogP contribution is 2.27. The first-order chi connectivity index (χ1) is 16.1. The molecule has 2 aliphatic heterocycles. The van der Waals surface area contributed by atoms with Gasteiger partial charge in [-0.1, -0.05) is 6.92 Å². The molecule has 0 unspecified atom stereocenters. The fourth-order valence-electron chi connectivity index (χ4n) is 4.64. The summed E-state index contributed by atoms with van der Waals surface area (Å²) in [6, 6.07) is 4.93. The average molecular weight is 498 g/mol. The molecule has 1 N–H and O–H groups in total. The van der Waals surface area contributed by atoms with Crippen molar-refractivity contribution in [2.75, 3.05) is 64.6 Å². The molecule has 3 rings (SSSR count). The summed E-state index contributed by atoms with van der Waals surface area (Å²) in [4.78, 5) is 17.4. The normalized spacial score (nSPS) is 26.2. The van der Waals surface area contributed by atoms with Crippen LogP contribution in [-0.4, -0.2) is 96.1 Å². The van der Waals surface area contributed by atoms with Gasteiger partial charge in [0.1, 0.15) is 12.4 Å². The van der Waals surface area contributed by atoms with Crippen LogP contribution in [0.2, 0.25) is 0 Å². The average Bonchev–Trinajstić information content (AvgIpc) is 2.79. The summed E-state index contributed by atoms with van der Waals surface area (Å²) in [5.41, 5.74) is 0.645. The Labute approximate surface area is 203 Å². The molecule has 3 atom stereocenters. The lowest BCUT2D eigenvalue weighted by atomic mass is 9.96. The molecular weight excluding hydrogens is 458 g/mol. The van der Waals surface area contributed by atoms with Crippen LogP contribution in [-0.2, 0) is 19.5 Å². The minimum atomic E-state index is -3.48. The van der Waals surface area contributed by atoms with E-state index in [2.05, 4.69) is 23.5 Å². The summed E-state index contributed by atoms with van der Waals surface area (Å²) in [7, 11) is -0.0611. The Bertz CT molecular complexity index is 935. The van der Waals surface area contributed by atoms with Gasteiger partial charge in [0.2, 0.25) is 10.0 Å². The monoisotopic (exact) mass is 497 g/mol. The number of sulfonamides is 1. The summed E-state index contributed by atoms with van der Waals surface area (Å²) in [5.74, 6) is 0.975. The van der Waals surface area contributed by atoms with E-state index >= 15 is 0 Å². The second-order valence-corrected chi connectivity index (χ2v) is 11.4. The topological polar surface area (TPSA) is 97.4 Å². The zero-order valence-corrected chi connectivity index (χ0v) is 21.8. The van der Waals surface area contributed by atoms with Gasteiger partial charge < -0.3 is 19.1 Å². The van der Waals surface area contributed by atoms with E-state index in [1.165, 1.54) is 6.07 Å². The number of nitrogens with one attached hydrogen (secondary N) is 1. The highest BCUT2D eigenvalue weighted by molar-refractivity contribution is 7.92. The molecule has 0 saturated carbocycles. The van der Waals surface area contributed by atoms with Crippen LogP contribution < -0.4 is 9.46 Å². The standard InChI is InChI=1S/C24H39N3O6S/c1-17-13-27(14-19-8-10-32-11-9-19)18(2)16-33-22-7-6-20(25-34(5,29)30)12-21(22)24(28)26(3)15-23(17)31-4/h6-7,12,17-19,23,25H,8-11,13-16H2,1-5H3/t17-,18-,23+/m1/s1. The second-order valence-electron chi connectivity index (χ2n) is 9.69. The van der Waals surface area contributed by atoms with E-state index in [1.54, 1.807) is 31.2 Å². The highest BCUT2D eigenvalue weighted by Gasteiger charge is 2.30. The van der Waals surface area contributed by atoms with Gasteiger partial charge in [0.25, 0.3) is 5.91 Å². The number of nitrogens with zero attached hydrogens (tertiary/aromatic N) is 2. The molecule has 10 heteroatoms. The molecule has 0 bridgehead atoms. The first-order valence-corrected chi connectivity index (χ1v) is 13.8. The van der Waals surface area contributed by atoms with Crippen LogP contribution in [0.4, 0.5) is 5.69 Å². The van der Waals surface area contributed by atoms with Crippen molar-refractivity contribution in [3.05, 3.63) is 23.8 Å². The van der Waals surface area contributed by atoms with Crippen molar-refractivity contribution in [1.29, 1.82) is 0 Å². The van der Waals surface area contributed by atoms with Crippen molar-refractivity contribution in [2.24, 2.45) is 11.8 Å². The van der Waals surface area contributed by atoms with Gasteiger partial charge in [-0.05, 0) is 49.8 Å². The third-order valence-corrected chi connectivity index (χ3v) is 7.32. The van der Waals surface area contributed by atoms with Crippen molar-refractivity contribution < 1.29 is 27.4 Å². The maximum absolute atomic E-state index is 13.3. The number of carbonyl (C=O) groups is 1. The molecule has 1 fully saturated rings. The van der Waals surface area contributed by atoms with E-state index in [1.807, 2.05) is 0 Å². The molecule has 1 amide bonds. The number of fused-ring (bicyclic) bond motifs is 1. The molecule has 2 aliphatic rings. The van der Waals surface area contributed by atoms with E-state index in [0.717, 1.165) is 45.4 Å². The van der Waals surface area contributed by atoms with Crippen LogP contribution in [0.1, 0.15) is 37.0 Å². The number of carbonyl (C=O) groups excluding carboxylic acids is 1. The van der Waals surface area contributed by atoms with Gasteiger partial charge in [-0.2, -0.15) is 0 Å². The number of rotatable bonds is 5. The predicted octanol–water partition coefficient (Wildman–Crippen LogP) is 2.29. The van der Waals surface area contributed by atoms with Crippen LogP contribution in [0.25, 0.3) is 0 Å². The fourth-order valence-corrected chi connectivity index (χ4v) is 5.20. The molecule has 34 heavy (non-hydrogen) atoms. The number of amides is 1. The quantitative estimate of drug-likeness (QED) is 0.667. The van der Waals surface area contributed by atoms with Crippen molar-refractivity contribution in [3.8, 4) is 5.75 Å². The zero-order valence-electron chi connectivity index (χ0n) is 21.0. The smallest absolute Gasteiger partial charge is 0.257 e. The Balaban J connectivity index is 1.91. The van der Waals surface area contributed by atoms with Crippen molar-refractivity contribution >= 4 is 21.6 Å². The van der Waals surface area contributed by atoms with Crippen LogP contribution >= 0.6 is 0 Å². The Morgan fingerprint density at radius 3 is 2.53 bits per heavy atom. The Morgan fingerprint density at radius 1 is 1.18 bits per heavy atom. The number of likely N-dealkylation sites (N-methyl/N-ethyl adjacent to an activating group) is 1. The maximum atomic E-state index is 13.3. The van der Waals surface area contributed by atoms with Gasteiger partial charge in [-0.3, -0.25) is 14.4 Å². The van der Waals surface area contributed by atoms with Gasteiger partial charge in [0.05, 0.1) is 17.9 Å². The summed E-state index contributed by atoms with van der Waals surface area (Å²) in [5, 5.41) is 0. The first kappa shape index (κ1) is 26.7. The molecule has 1 aromatic carbocycles. The minimum absolute atomic E-state index is 0.122. The summed E-state index contributed by atoms with van der Waals surface area (Å²) < 4.78 is 43.4. The van der Waals surface area contributed by atoms with E-state index in [0.29, 0.717) is 36.1 Å². The summed E-state index contributed by atoms with van der Waals surface area (Å²) >= 11 is 0. The highest BCUT2D eigenvalue weighted by atomic mass is 32.2. The Kier molecular flexibility index (Phi) is 9.20. The zero-order chi connectivity index (χ0) is 24.9. The summed E-state index contributed by atoms with van der Waals surface area (Å²) in [6.07, 6.45) is 3.06. The minimum Gasteiger partial charge on any atom is -0.491 e. The van der Waals surface area contributed by atoms with E-state index in [-0.39, 0.29) is 24.0 Å². The second kappa shape index (κ2) is 11.7. The Hall–Kier alpha value is -1.88. The molecule has 2 heterocycles. The molecule has 192 valence electrons. The summed E-state index contributed by atoms with van der Waals surface area (Å²) in [6.45, 7) is 8.56. The van der Waals surface area contributed by atoms with Crippen LogP contribution in [0.5, 0.6) is 5.75 Å². The van der Waals surface area contributed by atoms with Gasteiger partial charge in [-0.15, -0.1) is 0 Å². The van der Waals surface area contributed by atoms with Crippen molar-refractivity contribution in [1.82, 2.24) is 9.80 Å². The number of hydrogen-bond donors (Lipinski definition) is 1. The molecule has 0 aliphatic carbocycles. The van der Waals surface area contributed by atoms with E-state index in [4.69, 9.17) is 14.2 Å². The number of hydrogen-bond acceptors (Lipinski definition) is 7. The lowest BCUT2D eigenvalue weighted by molar-refractivity contribution is 0.0000232. The molecule has 0 radical (unpaired) electrons. The maximum Gasteiger partial charge on any atom is 0.257 e. The third kappa shape index (κ3) is 7.31. The fraction of sp³-hybridized carbons (Fsp3) is 0.708. The van der Waals surface area contributed by atoms with Gasteiger partial charge in [0, 0.05) is 58.7 Å². The molecule has 0 spiro atoms. The van der Waals surface area contributed by atoms with Crippen LogP contribution in [0, 0.1) is 11.8 Å².